The van der Waals surface area contributed by atoms with Crippen LogP contribution in [0.25, 0.3) is 5.57 Å². The summed E-state index contributed by atoms with van der Waals surface area (Å²) in [5.74, 6) is -0.133. The van der Waals surface area contributed by atoms with Crippen molar-refractivity contribution in [1.82, 2.24) is 4.31 Å². The highest BCUT2D eigenvalue weighted by Gasteiger charge is 2.35. The minimum absolute atomic E-state index is 0.0900. The van der Waals surface area contributed by atoms with Gasteiger partial charge >= 0.3 is 0 Å². The highest BCUT2D eigenvalue weighted by atomic mass is 32.2. The summed E-state index contributed by atoms with van der Waals surface area (Å²) in [6.45, 7) is 6.51. The zero-order valence-electron chi connectivity index (χ0n) is 14.3. The molecule has 0 bridgehead atoms. The van der Waals surface area contributed by atoms with Crippen molar-refractivity contribution in [3.63, 3.8) is 0 Å². The molecule has 0 amide bonds. The summed E-state index contributed by atoms with van der Waals surface area (Å²) >= 11 is 0. The molecule has 0 radical (unpaired) electrons. The SMILES string of the molecule is C=C(c1ccccc1)[C@@H]1CCN(S(=O)(=O)c2ccc(C)cc2)C[C@H]1O. The molecule has 25 heavy (non-hydrogen) atoms. The third kappa shape index (κ3) is 3.68. The van der Waals surface area contributed by atoms with Crippen molar-refractivity contribution in [3.8, 4) is 0 Å². The number of hydrogen-bond acceptors (Lipinski definition) is 3. The molecule has 0 spiro atoms. The Morgan fingerprint density at radius 3 is 2.36 bits per heavy atom. The molecule has 0 saturated carbocycles. The fourth-order valence-corrected chi connectivity index (χ4v) is 4.73. The lowest BCUT2D eigenvalue weighted by Crippen LogP contribution is -2.46. The number of rotatable bonds is 4. The Balaban J connectivity index is 1.75. The molecule has 132 valence electrons. The van der Waals surface area contributed by atoms with Crippen molar-refractivity contribution in [1.29, 1.82) is 0 Å². The lowest BCUT2D eigenvalue weighted by atomic mass is 9.85. The third-order valence-corrected chi connectivity index (χ3v) is 6.67. The van der Waals surface area contributed by atoms with Crippen LogP contribution in [0.15, 0.2) is 66.1 Å². The van der Waals surface area contributed by atoms with E-state index in [1.165, 1.54) is 4.31 Å². The first-order valence-corrected chi connectivity index (χ1v) is 9.82. The first-order valence-electron chi connectivity index (χ1n) is 8.38. The van der Waals surface area contributed by atoms with Crippen molar-refractivity contribution in [2.24, 2.45) is 5.92 Å². The van der Waals surface area contributed by atoms with Crippen LogP contribution >= 0.6 is 0 Å². The van der Waals surface area contributed by atoms with Gasteiger partial charge in [0, 0.05) is 19.0 Å². The number of hydrogen-bond donors (Lipinski definition) is 1. The predicted octanol–water partition coefficient (Wildman–Crippen LogP) is 3.08. The molecule has 2 aromatic rings. The summed E-state index contributed by atoms with van der Waals surface area (Å²) in [4.78, 5) is 0.269. The first kappa shape index (κ1) is 17.9. The van der Waals surface area contributed by atoms with Crippen molar-refractivity contribution < 1.29 is 13.5 Å². The van der Waals surface area contributed by atoms with Gasteiger partial charge in [-0.15, -0.1) is 0 Å². The second-order valence-corrected chi connectivity index (χ2v) is 8.47. The van der Waals surface area contributed by atoms with E-state index in [-0.39, 0.29) is 17.4 Å². The summed E-state index contributed by atoms with van der Waals surface area (Å²) in [5, 5.41) is 10.6. The van der Waals surface area contributed by atoms with Gasteiger partial charge in [0.2, 0.25) is 10.0 Å². The lowest BCUT2D eigenvalue weighted by Gasteiger charge is -2.36. The smallest absolute Gasteiger partial charge is 0.243 e. The van der Waals surface area contributed by atoms with Gasteiger partial charge in [0.15, 0.2) is 0 Å². The summed E-state index contributed by atoms with van der Waals surface area (Å²) in [6.07, 6.45) is -0.207. The predicted molar refractivity (Wildman–Crippen MR) is 99.5 cm³/mol. The number of sulfonamides is 1. The van der Waals surface area contributed by atoms with E-state index in [0.29, 0.717) is 13.0 Å². The Kier molecular flexibility index (Phi) is 5.08. The molecule has 1 aliphatic heterocycles. The fourth-order valence-electron chi connectivity index (χ4n) is 3.25. The Morgan fingerprint density at radius 1 is 1.12 bits per heavy atom. The lowest BCUT2D eigenvalue weighted by molar-refractivity contribution is 0.0771. The van der Waals surface area contributed by atoms with Crippen LogP contribution in [0.3, 0.4) is 0 Å². The summed E-state index contributed by atoms with van der Waals surface area (Å²) < 4.78 is 26.9. The van der Waals surface area contributed by atoms with Crippen LogP contribution in [-0.4, -0.2) is 37.0 Å². The number of β-amino-alcohol motifs (C(OH)–C–C–N with tert-alkyl or cyclic N) is 1. The molecule has 2 aromatic carbocycles. The maximum Gasteiger partial charge on any atom is 0.243 e. The average Bonchev–Trinajstić information content (AvgIpc) is 2.62. The summed E-state index contributed by atoms with van der Waals surface area (Å²) in [6, 6.07) is 16.5. The zero-order valence-corrected chi connectivity index (χ0v) is 15.1. The largest absolute Gasteiger partial charge is 0.391 e. The van der Waals surface area contributed by atoms with E-state index in [2.05, 4.69) is 6.58 Å². The molecule has 0 unspecified atom stereocenters. The van der Waals surface area contributed by atoms with E-state index in [1.807, 2.05) is 37.3 Å². The molecule has 1 saturated heterocycles. The van der Waals surface area contributed by atoms with E-state index in [4.69, 9.17) is 0 Å². The van der Waals surface area contributed by atoms with Crippen LogP contribution in [0.2, 0.25) is 0 Å². The van der Waals surface area contributed by atoms with Gasteiger partial charge in [0.25, 0.3) is 0 Å². The topological polar surface area (TPSA) is 57.6 Å². The molecule has 1 fully saturated rings. The quantitative estimate of drug-likeness (QED) is 0.915. The van der Waals surface area contributed by atoms with Crippen molar-refractivity contribution in [2.75, 3.05) is 13.1 Å². The number of nitrogens with zero attached hydrogens (tertiary/aromatic N) is 1. The van der Waals surface area contributed by atoms with E-state index in [1.54, 1.807) is 24.3 Å². The Labute approximate surface area is 149 Å². The van der Waals surface area contributed by atoms with Crippen LogP contribution < -0.4 is 0 Å². The minimum atomic E-state index is -3.58. The zero-order chi connectivity index (χ0) is 18.0. The summed E-state index contributed by atoms with van der Waals surface area (Å²) in [5.41, 5.74) is 2.86. The Morgan fingerprint density at radius 2 is 1.76 bits per heavy atom. The van der Waals surface area contributed by atoms with E-state index >= 15 is 0 Å². The van der Waals surface area contributed by atoms with E-state index in [0.717, 1.165) is 16.7 Å². The van der Waals surface area contributed by atoms with Crippen LogP contribution in [-0.2, 0) is 10.0 Å². The van der Waals surface area contributed by atoms with Gasteiger partial charge in [-0.05, 0) is 36.6 Å². The fraction of sp³-hybridized carbons (Fsp3) is 0.300. The van der Waals surface area contributed by atoms with Gasteiger partial charge in [-0.25, -0.2) is 8.42 Å². The van der Waals surface area contributed by atoms with Gasteiger partial charge in [-0.2, -0.15) is 4.31 Å². The molecule has 5 heteroatoms. The maximum atomic E-state index is 12.8. The first-order chi connectivity index (χ1) is 11.9. The molecule has 2 atom stereocenters. The standard InChI is InChI=1S/C20H23NO3S/c1-15-8-10-18(11-9-15)25(23,24)21-13-12-19(20(22)14-21)16(2)17-6-4-3-5-7-17/h3-11,19-20,22H,2,12-14H2,1H3/t19-,20+/m0/s1. The Bertz CT molecular complexity index is 844. The Hall–Kier alpha value is -1.95. The van der Waals surface area contributed by atoms with Gasteiger partial charge in [0.05, 0.1) is 11.0 Å². The van der Waals surface area contributed by atoms with Gasteiger partial charge in [-0.1, -0.05) is 54.6 Å². The molecule has 0 aliphatic carbocycles. The second kappa shape index (κ2) is 7.12. The number of aryl methyl sites for hydroxylation is 1. The highest BCUT2D eigenvalue weighted by molar-refractivity contribution is 7.89. The number of aliphatic hydroxyl groups excluding tert-OH is 1. The number of piperidine rings is 1. The van der Waals surface area contributed by atoms with Crippen LogP contribution in [0.5, 0.6) is 0 Å². The van der Waals surface area contributed by atoms with Crippen molar-refractivity contribution in [2.45, 2.75) is 24.3 Å². The van der Waals surface area contributed by atoms with Crippen LogP contribution in [0, 0.1) is 12.8 Å². The maximum absolute atomic E-state index is 12.8. The molecular formula is C20H23NO3S. The molecule has 1 aliphatic rings. The van der Waals surface area contributed by atoms with Crippen molar-refractivity contribution in [3.05, 3.63) is 72.3 Å². The summed E-state index contributed by atoms with van der Waals surface area (Å²) in [7, 11) is -3.58. The van der Waals surface area contributed by atoms with Crippen molar-refractivity contribution >= 4 is 15.6 Å². The van der Waals surface area contributed by atoms with Crippen LogP contribution in [0.1, 0.15) is 17.5 Å². The minimum Gasteiger partial charge on any atom is -0.391 e. The number of aliphatic hydroxyl groups is 1. The molecule has 3 rings (SSSR count). The molecule has 0 aromatic heterocycles. The monoisotopic (exact) mass is 357 g/mol. The average molecular weight is 357 g/mol. The van der Waals surface area contributed by atoms with Gasteiger partial charge in [-0.3, -0.25) is 0 Å². The molecule has 4 nitrogen and oxygen atoms in total. The normalized spacial score (nSPS) is 21.8. The van der Waals surface area contributed by atoms with Gasteiger partial charge in [0.1, 0.15) is 0 Å². The number of benzene rings is 2. The molecule has 1 N–H and O–H groups in total. The van der Waals surface area contributed by atoms with Gasteiger partial charge < -0.3 is 5.11 Å². The van der Waals surface area contributed by atoms with Crippen LogP contribution in [0.4, 0.5) is 0 Å². The molecular weight excluding hydrogens is 334 g/mol. The second-order valence-electron chi connectivity index (χ2n) is 6.53. The molecule has 1 heterocycles. The highest BCUT2D eigenvalue weighted by Crippen LogP contribution is 2.32. The van der Waals surface area contributed by atoms with E-state index < -0.39 is 16.1 Å². The van der Waals surface area contributed by atoms with E-state index in [9.17, 15) is 13.5 Å². The third-order valence-electron chi connectivity index (χ3n) is 4.80.